The van der Waals surface area contributed by atoms with Crippen molar-refractivity contribution in [3.05, 3.63) is 42.2 Å². The molecular weight excluding hydrogens is 383 g/mol. The molecule has 30 heavy (non-hydrogen) atoms. The maximum absolute atomic E-state index is 14.1. The van der Waals surface area contributed by atoms with Crippen LogP contribution in [0, 0.1) is 11.7 Å². The van der Waals surface area contributed by atoms with Gasteiger partial charge in [-0.05, 0) is 64.5 Å². The van der Waals surface area contributed by atoms with E-state index in [4.69, 9.17) is 9.47 Å². The van der Waals surface area contributed by atoms with Gasteiger partial charge in [0.05, 0.1) is 12.3 Å². The van der Waals surface area contributed by atoms with Crippen molar-refractivity contribution in [3.63, 3.8) is 0 Å². The first-order chi connectivity index (χ1) is 14.2. The van der Waals surface area contributed by atoms with Gasteiger partial charge in [-0.15, -0.1) is 0 Å². The maximum Gasteiger partial charge on any atom is 0.235 e. The molecule has 0 aliphatic carbocycles. The number of nitrogens with one attached hydrogen (secondary N) is 1. The summed E-state index contributed by atoms with van der Waals surface area (Å²) in [6.07, 6.45) is 4.50. The summed E-state index contributed by atoms with van der Waals surface area (Å²) < 4.78 is 25.7. The molecule has 0 aromatic heterocycles. The van der Waals surface area contributed by atoms with Crippen LogP contribution in [-0.4, -0.2) is 36.1 Å². The zero-order valence-corrected chi connectivity index (χ0v) is 18.7. The largest absolute Gasteiger partial charge is 0.493 e. The predicted octanol–water partition coefficient (Wildman–Crippen LogP) is 5.73. The lowest BCUT2D eigenvalue weighted by Gasteiger charge is -2.36. The Hall–Kier alpha value is -2.46. The zero-order chi connectivity index (χ0) is 22.1. The van der Waals surface area contributed by atoms with Crippen molar-refractivity contribution in [3.8, 4) is 5.75 Å². The fourth-order valence-electron chi connectivity index (χ4n) is 3.41. The van der Waals surface area contributed by atoms with Crippen LogP contribution in [0.15, 0.2) is 36.4 Å². The quantitative estimate of drug-likeness (QED) is 0.315. The Morgan fingerprint density at radius 2 is 2.07 bits per heavy atom. The lowest BCUT2D eigenvalue weighted by molar-refractivity contribution is -0.115. The topological polar surface area (TPSA) is 50.8 Å². The lowest BCUT2D eigenvalue weighted by atomic mass is 9.92. The minimum absolute atomic E-state index is 0. The number of carbonyl (C=O) groups is 1. The molecule has 0 saturated carbocycles. The van der Waals surface area contributed by atoms with E-state index in [-0.39, 0.29) is 18.6 Å². The van der Waals surface area contributed by atoms with Crippen LogP contribution >= 0.6 is 0 Å². The van der Waals surface area contributed by atoms with Crippen LogP contribution in [0.5, 0.6) is 5.75 Å². The molecule has 1 saturated heterocycles. The first-order valence-electron chi connectivity index (χ1n) is 10.8. The molecule has 168 valence electrons. The van der Waals surface area contributed by atoms with E-state index in [1.165, 1.54) is 12.1 Å². The molecule has 6 heteroatoms. The normalized spacial score (nSPS) is 14.8. The van der Waals surface area contributed by atoms with Crippen LogP contribution in [0.2, 0.25) is 0 Å². The molecule has 1 aromatic rings. The fourth-order valence-corrected chi connectivity index (χ4v) is 3.41. The summed E-state index contributed by atoms with van der Waals surface area (Å²) in [5.74, 6) is 1.18. The highest BCUT2D eigenvalue weighted by molar-refractivity contribution is 5.90. The molecule has 0 spiro atoms. The third-order valence-electron chi connectivity index (χ3n) is 5.02. The third kappa shape index (κ3) is 7.75. The molecule has 1 amide bonds. The second-order valence-corrected chi connectivity index (χ2v) is 8.66. The summed E-state index contributed by atoms with van der Waals surface area (Å²) >= 11 is 0. The van der Waals surface area contributed by atoms with E-state index in [2.05, 4.69) is 22.5 Å². The lowest BCUT2D eigenvalue weighted by Crippen LogP contribution is -2.36. The van der Waals surface area contributed by atoms with Gasteiger partial charge in [-0.25, -0.2) is 4.39 Å². The van der Waals surface area contributed by atoms with E-state index < -0.39 is 5.82 Å². The summed E-state index contributed by atoms with van der Waals surface area (Å²) in [6, 6.07) is 4.55. The highest BCUT2D eigenvalue weighted by Crippen LogP contribution is 2.27. The second-order valence-electron chi connectivity index (χ2n) is 8.66. The zero-order valence-electron chi connectivity index (χ0n) is 18.7. The van der Waals surface area contributed by atoms with E-state index in [0.717, 1.165) is 44.7 Å². The number of ether oxygens (including phenoxy) is 2. The first-order valence-corrected chi connectivity index (χ1v) is 10.8. The summed E-state index contributed by atoms with van der Waals surface area (Å²) in [5.41, 5.74) is 2.86. The van der Waals surface area contributed by atoms with Gasteiger partial charge in [-0.2, -0.15) is 0 Å². The highest BCUT2D eigenvalue weighted by Gasteiger charge is 2.24. The number of likely N-dealkylation sites (tertiary alicyclic amines) is 1. The molecule has 1 aliphatic rings. The van der Waals surface area contributed by atoms with Crippen LogP contribution in [0.4, 0.5) is 10.1 Å². The van der Waals surface area contributed by atoms with Crippen molar-refractivity contribution < 1.29 is 20.1 Å². The van der Waals surface area contributed by atoms with Crippen molar-refractivity contribution in [2.24, 2.45) is 5.92 Å². The van der Waals surface area contributed by atoms with Crippen LogP contribution in [0.1, 0.15) is 61.2 Å². The van der Waals surface area contributed by atoms with Crippen LogP contribution in [-0.2, 0) is 9.53 Å². The van der Waals surface area contributed by atoms with Crippen molar-refractivity contribution in [1.29, 1.82) is 0 Å². The average molecular weight is 421 g/mol. The van der Waals surface area contributed by atoms with Gasteiger partial charge in [0, 0.05) is 27.0 Å². The molecule has 5 nitrogen and oxygen atoms in total. The number of hydrogen-bond donors (Lipinski definition) is 1. The molecule has 1 heterocycles. The van der Waals surface area contributed by atoms with Crippen molar-refractivity contribution >= 4 is 11.6 Å². The number of anilines is 1. The first kappa shape index (κ1) is 23.8. The summed E-state index contributed by atoms with van der Waals surface area (Å²) in [4.78, 5) is 13.6. The molecule has 2 rings (SSSR count). The Morgan fingerprint density at radius 1 is 1.37 bits per heavy atom. The Morgan fingerprint density at radius 3 is 2.63 bits per heavy atom. The second kappa shape index (κ2) is 11.1. The van der Waals surface area contributed by atoms with Gasteiger partial charge in [0.1, 0.15) is 17.2 Å². The van der Waals surface area contributed by atoms with E-state index in [0.29, 0.717) is 24.7 Å². The van der Waals surface area contributed by atoms with Gasteiger partial charge in [-0.1, -0.05) is 19.2 Å². The van der Waals surface area contributed by atoms with E-state index in [1.54, 1.807) is 13.0 Å². The van der Waals surface area contributed by atoms with Gasteiger partial charge < -0.3 is 19.7 Å². The van der Waals surface area contributed by atoms with Gasteiger partial charge in [0.15, 0.2) is 0 Å². The van der Waals surface area contributed by atoms with Crippen LogP contribution < -0.4 is 10.1 Å². The number of nitrogens with zero attached hydrogens (tertiary/aromatic N) is 1. The molecule has 1 N–H and O–H groups in total. The van der Waals surface area contributed by atoms with Crippen molar-refractivity contribution in [2.45, 2.75) is 65.4 Å². The van der Waals surface area contributed by atoms with Gasteiger partial charge in [0.25, 0.3) is 0 Å². The Bertz CT molecular complexity index is 765. The summed E-state index contributed by atoms with van der Waals surface area (Å²) in [7, 11) is 0. The van der Waals surface area contributed by atoms with Gasteiger partial charge >= 0.3 is 0 Å². The third-order valence-corrected chi connectivity index (χ3v) is 5.02. The van der Waals surface area contributed by atoms with Gasteiger partial charge in [0.2, 0.25) is 11.8 Å². The SMILES string of the molecule is C=C=C(OC(C)(C)C)N1CCC(CCCOc2ccc(NC(=O)CC)c(F)c2)CC1.[HH]. The Kier molecular flexibility index (Phi) is 8.79. The number of piperidine rings is 1. The molecule has 0 atom stereocenters. The smallest absolute Gasteiger partial charge is 0.235 e. The monoisotopic (exact) mass is 420 g/mol. The Labute approximate surface area is 181 Å². The minimum Gasteiger partial charge on any atom is -0.493 e. The number of halogens is 1. The van der Waals surface area contributed by atoms with E-state index in [9.17, 15) is 9.18 Å². The maximum atomic E-state index is 14.1. The predicted molar refractivity (Wildman–Crippen MR) is 120 cm³/mol. The summed E-state index contributed by atoms with van der Waals surface area (Å²) in [5, 5.41) is 2.53. The molecule has 0 bridgehead atoms. The van der Waals surface area contributed by atoms with Crippen molar-refractivity contribution in [2.75, 3.05) is 25.0 Å². The number of hydrogen-bond acceptors (Lipinski definition) is 4. The molecule has 1 fully saturated rings. The van der Waals surface area contributed by atoms with E-state index in [1.807, 2.05) is 20.8 Å². The van der Waals surface area contributed by atoms with Crippen molar-refractivity contribution in [1.82, 2.24) is 4.90 Å². The number of benzene rings is 1. The standard InChI is InChI=1S/C24H35FN2O3.H2/c1-6-22(28)26-21-11-10-19(17-20(21)25)29-16-8-9-18-12-14-27(15-13-18)23(7-2)30-24(3,4)5;/h10-11,17-18H,2,6,8-9,12-16H2,1,3-5H3,(H,26,28);1H. The fraction of sp³-hybridized carbons (Fsp3) is 0.583. The molecule has 0 radical (unpaired) electrons. The van der Waals surface area contributed by atoms with Crippen LogP contribution in [0.25, 0.3) is 0 Å². The molecule has 1 aromatic carbocycles. The molecule has 0 unspecified atom stereocenters. The summed E-state index contributed by atoms with van der Waals surface area (Å²) in [6.45, 7) is 14.0. The molecule has 1 aliphatic heterocycles. The highest BCUT2D eigenvalue weighted by atomic mass is 19.1. The Balaban J connectivity index is 0.00000480. The number of carbonyl (C=O) groups excluding carboxylic acids is 1. The minimum atomic E-state index is -0.481. The number of rotatable bonds is 9. The number of amides is 1. The average Bonchev–Trinajstić information content (AvgIpc) is 2.71. The van der Waals surface area contributed by atoms with E-state index >= 15 is 0 Å². The van der Waals surface area contributed by atoms with Gasteiger partial charge in [-0.3, -0.25) is 4.79 Å². The molecular formula is C24H37FN2O3. The van der Waals surface area contributed by atoms with Crippen LogP contribution in [0.3, 0.4) is 0 Å².